The minimum absolute atomic E-state index is 0.0713. The van der Waals surface area contributed by atoms with Crippen LogP contribution in [0, 0.1) is 6.92 Å². The second-order valence-electron chi connectivity index (χ2n) is 4.37. The van der Waals surface area contributed by atoms with Gasteiger partial charge in [0.05, 0.1) is 12.0 Å². The normalized spacial score (nSPS) is 11.1. The molecule has 0 saturated heterocycles. The summed E-state index contributed by atoms with van der Waals surface area (Å²) in [5.41, 5.74) is 1.62. The Balaban J connectivity index is 2.25. The number of aromatic nitrogens is 3. The minimum atomic E-state index is 0.0713. The van der Waals surface area contributed by atoms with E-state index in [-0.39, 0.29) is 6.61 Å². The lowest BCUT2D eigenvalue weighted by Crippen LogP contribution is -2.29. The van der Waals surface area contributed by atoms with Crippen LogP contribution < -0.4 is 9.83 Å². The van der Waals surface area contributed by atoms with Gasteiger partial charge in [-0.25, -0.2) is 0 Å². The molecule has 96 valence electrons. The molecule has 0 aliphatic heterocycles. The van der Waals surface area contributed by atoms with Gasteiger partial charge in [0.25, 0.3) is 5.82 Å². The summed E-state index contributed by atoms with van der Waals surface area (Å²) in [7, 11) is 0. The number of rotatable bonds is 3. The molecule has 5 nitrogen and oxygen atoms in total. The molecular formula is C14H15N4O+. The average Bonchev–Trinajstić information content (AvgIpc) is 2.45. The van der Waals surface area contributed by atoms with Crippen molar-refractivity contribution in [3.63, 3.8) is 0 Å². The van der Waals surface area contributed by atoms with Crippen LogP contribution in [-0.4, -0.2) is 28.3 Å². The molecule has 0 fully saturated rings. The summed E-state index contributed by atoms with van der Waals surface area (Å²) in [6, 6.07) is 10.1. The monoisotopic (exact) mass is 255 g/mol. The van der Waals surface area contributed by atoms with Gasteiger partial charge in [0, 0.05) is 6.54 Å². The van der Waals surface area contributed by atoms with Crippen LogP contribution in [0.3, 0.4) is 0 Å². The van der Waals surface area contributed by atoms with Crippen molar-refractivity contribution in [2.24, 2.45) is 0 Å². The zero-order chi connectivity index (χ0) is 13.2. The zero-order valence-corrected chi connectivity index (χ0v) is 10.7. The van der Waals surface area contributed by atoms with Crippen LogP contribution in [0.1, 0.15) is 5.69 Å². The van der Waals surface area contributed by atoms with Crippen LogP contribution in [0.5, 0.6) is 0 Å². The molecule has 3 rings (SSSR count). The number of anilines is 1. The molecule has 1 aromatic carbocycles. The Morgan fingerprint density at radius 2 is 2.11 bits per heavy atom. The van der Waals surface area contributed by atoms with Crippen molar-refractivity contribution in [2.45, 2.75) is 6.92 Å². The van der Waals surface area contributed by atoms with E-state index in [9.17, 15) is 0 Å². The highest BCUT2D eigenvalue weighted by Crippen LogP contribution is 2.16. The van der Waals surface area contributed by atoms with Crippen molar-refractivity contribution >= 4 is 22.2 Å². The summed E-state index contributed by atoms with van der Waals surface area (Å²) >= 11 is 0. The zero-order valence-electron chi connectivity index (χ0n) is 10.7. The topological polar surface area (TPSA) is 62.1 Å². The maximum atomic E-state index is 8.89. The third-order valence-electron chi connectivity index (χ3n) is 3.04. The quantitative estimate of drug-likeness (QED) is 0.543. The van der Waals surface area contributed by atoms with Gasteiger partial charge in [-0.15, -0.1) is 4.52 Å². The van der Waals surface area contributed by atoms with Crippen molar-refractivity contribution < 1.29 is 9.62 Å². The summed E-state index contributed by atoms with van der Waals surface area (Å²) in [6.45, 7) is 2.44. The van der Waals surface area contributed by atoms with Crippen LogP contribution >= 0.6 is 0 Å². The molecule has 0 saturated carbocycles. The van der Waals surface area contributed by atoms with Crippen molar-refractivity contribution in [2.75, 3.05) is 18.5 Å². The number of aliphatic hydroxyl groups is 1. The molecule has 0 aliphatic carbocycles. The molecule has 0 bridgehead atoms. The van der Waals surface area contributed by atoms with E-state index >= 15 is 0 Å². The number of pyridine rings is 1. The second-order valence-corrected chi connectivity index (χ2v) is 4.37. The van der Waals surface area contributed by atoms with Crippen LogP contribution in [0.2, 0.25) is 0 Å². The first-order valence-electron chi connectivity index (χ1n) is 6.22. The molecule has 5 heteroatoms. The lowest BCUT2D eigenvalue weighted by Gasteiger charge is -2.02. The summed E-state index contributed by atoms with van der Waals surface area (Å²) in [6.07, 6.45) is 1.91. The minimum Gasteiger partial charge on any atom is -0.395 e. The fourth-order valence-electron chi connectivity index (χ4n) is 2.12. The van der Waals surface area contributed by atoms with Gasteiger partial charge < -0.3 is 10.4 Å². The first-order valence-corrected chi connectivity index (χ1v) is 6.22. The summed E-state index contributed by atoms with van der Waals surface area (Å²) in [4.78, 5) is 4.62. The number of hydrogen-bond acceptors (Lipinski definition) is 4. The van der Waals surface area contributed by atoms with Crippen molar-refractivity contribution in [3.05, 3.63) is 42.2 Å². The fourth-order valence-corrected chi connectivity index (χ4v) is 2.12. The number of nitrogens with one attached hydrogen (secondary N) is 1. The third-order valence-corrected chi connectivity index (χ3v) is 3.04. The van der Waals surface area contributed by atoms with Gasteiger partial charge in [0.15, 0.2) is 0 Å². The number of aliphatic hydroxyl groups excluding tert-OH is 1. The van der Waals surface area contributed by atoms with Gasteiger partial charge in [-0.05, 0) is 29.4 Å². The fraction of sp³-hybridized carbons (Fsp3) is 0.214. The first-order chi connectivity index (χ1) is 9.29. The molecule has 2 heterocycles. The molecule has 0 radical (unpaired) electrons. The number of nitrogens with zero attached hydrogens (tertiary/aromatic N) is 3. The third kappa shape index (κ3) is 2.08. The highest BCUT2D eigenvalue weighted by atomic mass is 16.3. The van der Waals surface area contributed by atoms with Gasteiger partial charge in [0.1, 0.15) is 11.9 Å². The number of fused-ring (bicyclic) bond motifs is 3. The van der Waals surface area contributed by atoms with E-state index in [4.69, 9.17) is 5.11 Å². The predicted octanol–water partition coefficient (Wildman–Crippen LogP) is 1.08. The van der Waals surface area contributed by atoms with Crippen molar-refractivity contribution in [1.29, 1.82) is 0 Å². The average molecular weight is 255 g/mol. The summed E-state index contributed by atoms with van der Waals surface area (Å²) < 4.78 is 1.78. The van der Waals surface area contributed by atoms with Crippen LogP contribution in [-0.2, 0) is 0 Å². The van der Waals surface area contributed by atoms with Crippen LogP contribution in [0.25, 0.3) is 16.4 Å². The molecule has 0 amide bonds. The molecule has 2 N–H and O–H groups in total. The molecule has 0 aliphatic rings. The lowest BCUT2D eigenvalue weighted by molar-refractivity contribution is -0.582. The van der Waals surface area contributed by atoms with E-state index in [1.807, 2.05) is 37.4 Å². The highest BCUT2D eigenvalue weighted by molar-refractivity contribution is 5.91. The van der Waals surface area contributed by atoms with E-state index in [1.54, 1.807) is 4.52 Å². The van der Waals surface area contributed by atoms with Crippen molar-refractivity contribution in [1.82, 2.24) is 10.1 Å². The van der Waals surface area contributed by atoms with Gasteiger partial charge in [-0.1, -0.05) is 23.3 Å². The summed E-state index contributed by atoms with van der Waals surface area (Å²) in [5, 5.41) is 18.7. The predicted molar refractivity (Wildman–Crippen MR) is 73.0 cm³/mol. The second kappa shape index (κ2) is 4.78. The van der Waals surface area contributed by atoms with Gasteiger partial charge in [-0.3, -0.25) is 0 Å². The number of benzene rings is 1. The van der Waals surface area contributed by atoms with Crippen LogP contribution in [0.15, 0.2) is 36.5 Å². The van der Waals surface area contributed by atoms with E-state index in [0.29, 0.717) is 12.4 Å². The molecule has 19 heavy (non-hydrogen) atoms. The SMILES string of the molecule is Cc1n[n+]2ccc3ccccc3c2nc1NCCO. The highest BCUT2D eigenvalue weighted by Gasteiger charge is 2.16. The van der Waals surface area contributed by atoms with E-state index in [1.165, 1.54) is 0 Å². The Bertz CT molecular complexity index is 742. The lowest BCUT2D eigenvalue weighted by atomic mass is 10.2. The Kier molecular flexibility index (Phi) is 2.97. The first kappa shape index (κ1) is 11.8. The molecule has 0 atom stereocenters. The van der Waals surface area contributed by atoms with E-state index in [2.05, 4.69) is 21.5 Å². The molecule has 3 aromatic rings. The van der Waals surface area contributed by atoms with Gasteiger partial charge in [0.2, 0.25) is 0 Å². The smallest absolute Gasteiger partial charge is 0.358 e. The molecule has 2 aromatic heterocycles. The number of aryl methyl sites for hydroxylation is 1. The van der Waals surface area contributed by atoms with E-state index in [0.717, 1.165) is 22.1 Å². The maximum absolute atomic E-state index is 8.89. The van der Waals surface area contributed by atoms with E-state index < -0.39 is 0 Å². The molecule has 0 spiro atoms. The Morgan fingerprint density at radius 1 is 1.26 bits per heavy atom. The molecular weight excluding hydrogens is 240 g/mol. The summed E-state index contributed by atoms with van der Waals surface area (Å²) in [5.74, 6) is 0.713. The van der Waals surface area contributed by atoms with Crippen LogP contribution in [0.4, 0.5) is 5.82 Å². The number of hydrogen-bond donors (Lipinski definition) is 2. The molecule has 0 unspecified atom stereocenters. The Morgan fingerprint density at radius 3 is 2.95 bits per heavy atom. The largest absolute Gasteiger partial charge is 0.395 e. The van der Waals surface area contributed by atoms with Gasteiger partial charge in [-0.2, -0.15) is 0 Å². The van der Waals surface area contributed by atoms with Gasteiger partial charge >= 0.3 is 5.65 Å². The Hall–Kier alpha value is -2.27. The Labute approximate surface area is 110 Å². The standard InChI is InChI=1S/C14H14N4O/c1-10-13(15-7-9-19)16-14-12-5-3-2-4-11(12)6-8-18(14)17-10/h2-6,8,19H,7,9H2,1H3/p+1. The van der Waals surface area contributed by atoms with Crippen molar-refractivity contribution in [3.8, 4) is 0 Å². The maximum Gasteiger partial charge on any atom is 0.358 e.